The molecule has 0 bridgehead atoms. The molecule has 0 unspecified atom stereocenters. The van der Waals surface area contributed by atoms with Crippen LogP contribution in [-0.2, 0) is 11.3 Å². The Morgan fingerprint density at radius 3 is 2.41 bits per heavy atom. The van der Waals surface area contributed by atoms with E-state index < -0.39 is 0 Å². The van der Waals surface area contributed by atoms with Crippen molar-refractivity contribution in [3.8, 4) is 22.8 Å². The van der Waals surface area contributed by atoms with Crippen LogP contribution in [0.1, 0.15) is 5.56 Å². The zero-order chi connectivity index (χ0) is 20.6. The molecule has 2 aromatic carbocycles. The van der Waals surface area contributed by atoms with Crippen LogP contribution in [0.3, 0.4) is 0 Å². The average Bonchev–Trinajstić information content (AvgIpc) is 2.77. The van der Waals surface area contributed by atoms with Crippen LogP contribution in [0.2, 0.25) is 5.02 Å². The van der Waals surface area contributed by atoms with Gasteiger partial charge in [0, 0.05) is 17.1 Å². The molecular weight excluding hydrogens is 410 g/mol. The summed E-state index contributed by atoms with van der Waals surface area (Å²) < 4.78 is 10.6. The lowest BCUT2D eigenvalue weighted by atomic mass is 10.1. The Morgan fingerprint density at radius 1 is 1.00 bits per heavy atom. The van der Waals surface area contributed by atoms with E-state index in [0.29, 0.717) is 33.8 Å². The summed E-state index contributed by atoms with van der Waals surface area (Å²) in [7, 11) is 3.18. The summed E-state index contributed by atoms with van der Waals surface area (Å²) >= 11 is 7.19. The minimum Gasteiger partial charge on any atom is -0.493 e. The van der Waals surface area contributed by atoms with Crippen molar-refractivity contribution >= 4 is 29.3 Å². The van der Waals surface area contributed by atoms with Crippen LogP contribution in [0.15, 0.2) is 59.6 Å². The average molecular weight is 430 g/mol. The van der Waals surface area contributed by atoms with Gasteiger partial charge in [-0.25, -0.2) is 0 Å². The molecule has 0 aliphatic carbocycles. The summed E-state index contributed by atoms with van der Waals surface area (Å²) in [6.45, 7) is 0.459. The normalized spacial score (nSPS) is 10.4. The molecule has 29 heavy (non-hydrogen) atoms. The maximum atomic E-state index is 12.0. The number of thioether (sulfide) groups is 1. The van der Waals surface area contributed by atoms with E-state index in [9.17, 15) is 4.79 Å². The minimum absolute atomic E-state index is 0.0734. The highest BCUT2D eigenvalue weighted by atomic mass is 35.5. The number of amides is 1. The number of ether oxygens (including phenoxy) is 2. The second-order valence-electron chi connectivity index (χ2n) is 6.02. The Hall–Kier alpha value is -2.77. The van der Waals surface area contributed by atoms with Gasteiger partial charge in [-0.2, -0.15) is 0 Å². The van der Waals surface area contributed by atoms with Gasteiger partial charge in [-0.1, -0.05) is 35.5 Å². The summed E-state index contributed by atoms with van der Waals surface area (Å²) in [5, 5.41) is 12.7. The molecule has 0 aliphatic rings. The first-order valence-corrected chi connectivity index (χ1v) is 10.2. The number of aromatic nitrogens is 2. The van der Waals surface area contributed by atoms with Gasteiger partial charge in [0.25, 0.3) is 0 Å². The maximum absolute atomic E-state index is 12.0. The van der Waals surface area contributed by atoms with E-state index in [-0.39, 0.29) is 11.7 Å². The molecule has 1 aromatic heterocycles. The van der Waals surface area contributed by atoms with Crippen LogP contribution in [0.4, 0.5) is 0 Å². The van der Waals surface area contributed by atoms with Crippen LogP contribution in [0.25, 0.3) is 11.3 Å². The van der Waals surface area contributed by atoms with Gasteiger partial charge in [0.1, 0.15) is 5.03 Å². The first kappa shape index (κ1) is 21.0. The van der Waals surface area contributed by atoms with E-state index in [2.05, 4.69) is 15.5 Å². The Labute approximate surface area is 178 Å². The fourth-order valence-corrected chi connectivity index (χ4v) is 3.31. The summed E-state index contributed by atoms with van der Waals surface area (Å²) in [6.07, 6.45) is 0. The predicted octanol–water partition coefficient (Wildman–Crippen LogP) is 4.22. The minimum atomic E-state index is -0.0734. The smallest absolute Gasteiger partial charge is 0.230 e. The fourth-order valence-electron chi connectivity index (χ4n) is 2.54. The lowest BCUT2D eigenvalue weighted by Crippen LogP contribution is -2.24. The van der Waals surface area contributed by atoms with Crippen molar-refractivity contribution < 1.29 is 14.3 Å². The third kappa shape index (κ3) is 5.85. The van der Waals surface area contributed by atoms with Gasteiger partial charge >= 0.3 is 0 Å². The van der Waals surface area contributed by atoms with Crippen molar-refractivity contribution in [2.75, 3.05) is 20.0 Å². The quantitative estimate of drug-likeness (QED) is 0.540. The summed E-state index contributed by atoms with van der Waals surface area (Å²) in [4.78, 5) is 12.0. The molecule has 3 rings (SSSR count). The molecule has 3 aromatic rings. The molecule has 6 nitrogen and oxygen atoms in total. The van der Waals surface area contributed by atoms with E-state index in [4.69, 9.17) is 21.1 Å². The van der Waals surface area contributed by atoms with E-state index in [1.807, 2.05) is 42.5 Å². The predicted molar refractivity (Wildman–Crippen MR) is 115 cm³/mol. The molecule has 1 N–H and O–H groups in total. The molecule has 1 heterocycles. The van der Waals surface area contributed by atoms with Crippen LogP contribution in [0, 0.1) is 0 Å². The van der Waals surface area contributed by atoms with Gasteiger partial charge in [0.2, 0.25) is 5.91 Å². The van der Waals surface area contributed by atoms with Gasteiger partial charge in [-0.05, 0) is 48.0 Å². The molecule has 0 aliphatic heterocycles. The summed E-state index contributed by atoms with van der Waals surface area (Å²) in [5.74, 6) is 1.47. The number of nitrogens with one attached hydrogen (secondary N) is 1. The standard InChI is InChI=1S/C21H20ClN3O3S/c1-27-18-9-5-15(11-19(18)28-2)17-8-10-21(25-24-17)29-13-20(26)23-12-14-3-6-16(22)7-4-14/h3-11H,12-13H2,1-2H3,(H,23,26). The van der Waals surface area contributed by atoms with E-state index in [1.54, 1.807) is 26.4 Å². The molecule has 1 amide bonds. The van der Waals surface area contributed by atoms with Crippen LogP contribution >= 0.6 is 23.4 Å². The number of methoxy groups -OCH3 is 2. The molecule has 8 heteroatoms. The molecule has 150 valence electrons. The van der Waals surface area contributed by atoms with Crippen molar-refractivity contribution in [2.45, 2.75) is 11.6 Å². The molecule has 0 radical (unpaired) electrons. The van der Waals surface area contributed by atoms with Crippen molar-refractivity contribution in [1.29, 1.82) is 0 Å². The van der Waals surface area contributed by atoms with Crippen LogP contribution in [-0.4, -0.2) is 36.1 Å². The zero-order valence-corrected chi connectivity index (χ0v) is 17.6. The first-order valence-electron chi connectivity index (χ1n) is 8.79. The van der Waals surface area contributed by atoms with Gasteiger partial charge < -0.3 is 14.8 Å². The number of carbonyl (C=O) groups is 1. The van der Waals surface area contributed by atoms with Crippen molar-refractivity contribution in [1.82, 2.24) is 15.5 Å². The number of benzene rings is 2. The highest BCUT2D eigenvalue weighted by molar-refractivity contribution is 7.99. The summed E-state index contributed by atoms with van der Waals surface area (Å²) in [6, 6.07) is 16.6. The molecule has 0 spiro atoms. The Bertz CT molecular complexity index is 966. The third-order valence-electron chi connectivity index (χ3n) is 4.07. The molecule has 0 saturated heterocycles. The SMILES string of the molecule is COc1ccc(-c2ccc(SCC(=O)NCc3ccc(Cl)cc3)nn2)cc1OC. The number of halogens is 1. The summed E-state index contributed by atoms with van der Waals surface area (Å²) in [5.41, 5.74) is 2.57. The monoisotopic (exact) mass is 429 g/mol. The lowest BCUT2D eigenvalue weighted by Gasteiger charge is -2.09. The molecule has 0 saturated carbocycles. The topological polar surface area (TPSA) is 73.3 Å². The van der Waals surface area contributed by atoms with E-state index >= 15 is 0 Å². The Kier molecular flexibility index (Phi) is 7.32. The van der Waals surface area contributed by atoms with Crippen LogP contribution < -0.4 is 14.8 Å². The number of rotatable bonds is 8. The Balaban J connectivity index is 1.54. The van der Waals surface area contributed by atoms with Gasteiger partial charge in [-0.3, -0.25) is 4.79 Å². The maximum Gasteiger partial charge on any atom is 0.230 e. The second kappa shape index (κ2) is 10.1. The number of hydrogen-bond donors (Lipinski definition) is 1. The Morgan fingerprint density at radius 2 is 1.76 bits per heavy atom. The van der Waals surface area contributed by atoms with Gasteiger partial charge in [0.15, 0.2) is 11.5 Å². The first-order chi connectivity index (χ1) is 14.1. The second-order valence-corrected chi connectivity index (χ2v) is 7.45. The zero-order valence-electron chi connectivity index (χ0n) is 16.0. The highest BCUT2D eigenvalue weighted by Gasteiger charge is 2.09. The highest BCUT2D eigenvalue weighted by Crippen LogP contribution is 2.31. The molecular formula is C21H20ClN3O3S. The largest absolute Gasteiger partial charge is 0.493 e. The van der Waals surface area contributed by atoms with Gasteiger partial charge in [-0.15, -0.1) is 10.2 Å². The third-order valence-corrected chi connectivity index (χ3v) is 5.25. The van der Waals surface area contributed by atoms with Crippen molar-refractivity contribution in [3.63, 3.8) is 0 Å². The molecule has 0 fully saturated rings. The molecule has 0 atom stereocenters. The lowest BCUT2D eigenvalue weighted by molar-refractivity contribution is -0.118. The van der Waals surface area contributed by atoms with Crippen molar-refractivity contribution in [2.24, 2.45) is 0 Å². The van der Waals surface area contributed by atoms with Crippen LogP contribution in [0.5, 0.6) is 11.5 Å². The number of hydrogen-bond acceptors (Lipinski definition) is 6. The number of carbonyl (C=O) groups excluding carboxylic acids is 1. The van der Waals surface area contributed by atoms with E-state index in [0.717, 1.165) is 11.1 Å². The number of nitrogens with zero attached hydrogens (tertiary/aromatic N) is 2. The van der Waals surface area contributed by atoms with E-state index in [1.165, 1.54) is 11.8 Å². The van der Waals surface area contributed by atoms with Crippen molar-refractivity contribution in [3.05, 3.63) is 65.2 Å². The van der Waals surface area contributed by atoms with Gasteiger partial charge in [0.05, 0.1) is 25.7 Å². The fraction of sp³-hybridized carbons (Fsp3) is 0.190.